The highest BCUT2D eigenvalue weighted by atomic mass is 16.5. The van der Waals surface area contributed by atoms with Crippen molar-refractivity contribution in [1.29, 1.82) is 0 Å². The van der Waals surface area contributed by atoms with Crippen LogP contribution in [-0.2, 0) is 16.0 Å². The number of rotatable bonds is 5. The van der Waals surface area contributed by atoms with Crippen LogP contribution in [0.1, 0.15) is 24.8 Å². The SMILES string of the molecule is [CH2]OC(=O)CCCCc1ccccc1. The molecule has 14 heavy (non-hydrogen) atoms. The molecule has 0 aliphatic carbocycles. The van der Waals surface area contributed by atoms with E-state index in [2.05, 4.69) is 24.0 Å². The fourth-order valence-electron chi connectivity index (χ4n) is 1.32. The van der Waals surface area contributed by atoms with Crippen LogP contribution in [0.2, 0.25) is 0 Å². The Labute approximate surface area is 84.9 Å². The number of unbranched alkanes of at least 4 members (excludes halogenated alkanes) is 1. The average Bonchev–Trinajstić information content (AvgIpc) is 2.25. The molecule has 0 fully saturated rings. The van der Waals surface area contributed by atoms with E-state index < -0.39 is 0 Å². The summed E-state index contributed by atoms with van der Waals surface area (Å²) in [6.07, 6.45) is 3.37. The van der Waals surface area contributed by atoms with E-state index in [1.807, 2.05) is 18.2 Å². The first-order valence-corrected chi connectivity index (χ1v) is 4.81. The van der Waals surface area contributed by atoms with Crippen LogP contribution < -0.4 is 0 Å². The summed E-state index contributed by atoms with van der Waals surface area (Å²) in [5.41, 5.74) is 1.32. The molecule has 1 aromatic carbocycles. The van der Waals surface area contributed by atoms with Gasteiger partial charge in [0, 0.05) is 6.42 Å². The van der Waals surface area contributed by atoms with Gasteiger partial charge >= 0.3 is 5.97 Å². The summed E-state index contributed by atoms with van der Waals surface area (Å²) in [4.78, 5) is 10.7. The lowest BCUT2D eigenvalue weighted by molar-refractivity contribution is -0.138. The van der Waals surface area contributed by atoms with Gasteiger partial charge in [-0.05, 0) is 24.8 Å². The standard InChI is InChI=1S/C12H15O2/c1-14-12(13)10-6-5-9-11-7-3-2-4-8-11/h2-4,7-8H,1,5-6,9-10H2. The topological polar surface area (TPSA) is 26.3 Å². The lowest BCUT2D eigenvalue weighted by atomic mass is 10.1. The minimum atomic E-state index is -0.224. The van der Waals surface area contributed by atoms with Crippen molar-refractivity contribution in [1.82, 2.24) is 0 Å². The number of esters is 1. The third kappa shape index (κ3) is 4.08. The highest BCUT2D eigenvalue weighted by molar-refractivity contribution is 5.69. The van der Waals surface area contributed by atoms with E-state index in [4.69, 9.17) is 0 Å². The van der Waals surface area contributed by atoms with Gasteiger partial charge < -0.3 is 4.74 Å². The van der Waals surface area contributed by atoms with Crippen molar-refractivity contribution in [3.63, 3.8) is 0 Å². The molecule has 0 saturated heterocycles. The Morgan fingerprint density at radius 2 is 1.93 bits per heavy atom. The maximum Gasteiger partial charge on any atom is 0.305 e. The highest BCUT2D eigenvalue weighted by Crippen LogP contribution is 2.06. The zero-order valence-corrected chi connectivity index (χ0v) is 8.24. The minimum absolute atomic E-state index is 0.224. The molecule has 1 radical (unpaired) electrons. The molecule has 0 unspecified atom stereocenters. The third-order valence-corrected chi connectivity index (χ3v) is 2.10. The number of benzene rings is 1. The molecule has 75 valence electrons. The Hall–Kier alpha value is -1.31. The van der Waals surface area contributed by atoms with Gasteiger partial charge in [-0.15, -0.1) is 0 Å². The fourth-order valence-corrected chi connectivity index (χ4v) is 1.32. The Kier molecular flexibility index (Phi) is 4.76. The summed E-state index contributed by atoms with van der Waals surface area (Å²) >= 11 is 0. The average molecular weight is 191 g/mol. The van der Waals surface area contributed by atoms with E-state index in [0.29, 0.717) is 6.42 Å². The lowest BCUT2D eigenvalue weighted by Crippen LogP contribution is -1.98. The van der Waals surface area contributed by atoms with Crippen LogP contribution in [0.15, 0.2) is 30.3 Å². The zero-order valence-electron chi connectivity index (χ0n) is 8.24. The quantitative estimate of drug-likeness (QED) is 0.528. The molecule has 0 bridgehead atoms. The Morgan fingerprint density at radius 3 is 2.57 bits per heavy atom. The molecule has 2 heteroatoms. The monoisotopic (exact) mass is 191 g/mol. The van der Waals surface area contributed by atoms with E-state index in [-0.39, 0.29) is 5.97 Å². The molecule has 1 aromatic rings. The number of ether oxygens (including phenoxy) is 1. The second kappa shape index (κ2) is 6.19. The molecule has 0 spiro atoms. The summed E-state index contributed by atoms with van der Waals surface area (Å²) in [5.74, 6) is -0.224. The van der Waals surface area contributed by atoms with Crippen LogP contribution in [0.3, 0.4) is 0 Å². The first kappa shape index (κ1) is 10.8. The summed E-state index contributed by atoms with van der Waals surface area (Å²) in [7, 11) is 3.07. The molecule has 0 amide bonds. The number of hydrogen-bond donors (Lipinski definition) is 0. The van der Waals surface area contributed by atoms with Crippen LogP contribution >= 0.6 is 0 Å². The minimum Gasteiger partial charge on any atom is -0.462 e. The molecule has 0 N–H and O–H groups in total. The van der Waals surface area contributed by atoms with Crippen molar-refractivity contribution in [2.45, 2.75) is 25.7 Å². The summed E-state index contributed by atoms with van der Waals surface area (Å²) < 4.78 is 4.31. The predicted octanol–water partition coefficient (Wildman–Crippen LogP) is 2.73. The van der Waals surface area contributed by atoms with Crippen molar-refractivity contribution in [2.75, 3.05) is 0 Å². The molecule has 2 nitrogen and oxygen atoms in total. The van der Waals surface area contributed by atoms with Gasteiger partial charge in [0.05, 0.1) is 0 Å². The Morgan fingerprint density at radius 1 is 1.21 bits per heavy atom. The van der Waals surface area contributed by atoms with E-state index in [1.54, 1.807) is 0 Å². The van der Waals surface area contributed by atoms with Gasteiger partial charge in [0.15, 0.2) is 0 Å². The number of carbonyl (C=O) groups is 1. The van der Waals surface area contributed by atoms with E-state index in [0.717, 1.165) is 19.3 Å². The van der Waals surface area contributed by atoms with E-state index in [9.17, 15) is 4.79 Å². The summed E-state index contributed by atoms with van der Waals surface area (Å²) in [6, 6.07) is 10.3. The van der Waals surface area contributed by atoms with E-state index in [1.165, 1.54) is 5.56 Å². The second-order valence-electron chi connectivity index (χ2n) is 3.21. The molecule has 0 aromatic heterocycles. The van der Waals surface area contributed by atoms with E-state index >= 15 is 0 Å². The summed E-state index contributed by atoms with van der Waals surface area (Å²) in [6.45, 7) is 0. The van der Waals surface area contributed by atoms with Crippen LogP contribution in [0.5, 0.6) is 0 Å². The molecule has 0 heterocycles. The maximum atomic E-state index is 10.7. The van der Waals surface area contributed by atoms with Crippen LogP contribution in [0, 0.1) is 7.11 Å². The molecule has 0 aliphatic heterocycles. The van der Waals surface area contributed by atoms with Gasteiger partial charge in [0.2, 0.25) is 0 Å². The molecular weight excluding hydrogens is 176 g/mol. The van der Waals surface area contributed by atoms with Crippen molar-refractivity contribution >= 4 is 5.97 Å². The Bertz CT molecular complexity index is 267. The highest BCUT2D eigenvalue weighted by Gasteiger charge is 1.99. The van der Waals surface area contributed by atoms with Gasteiger partial charge in [-0.25, -0.2) is 0 Å². The van der Waals surface area contributed by atoms with Gasteiger partial charge in [0.25, 0.3) is 0 Å². The molecule has 1 rings (SSSR count). The van der Waals surface area contributed by atoms with Crippen molar-refractivity contribution in [3.05, 3.63) is 43.0 Å². The van der Waals surface area contributed by atoms with Crippen molar-refractivity contribution in [3.8, 4) is 0 Å². The first-order valence-electron chi connectivity index (χ1n) is 4.81. The normalized spacial score (nSPS) is 9.79. The smallest absolute Gasteiger partial charge is 0.305 e. The van der Waals surface area contributed by atoms with Gasteiger partial charge in [-0.1, -0.05) is 30.3 Å². The van der Waals surface area contributed by atoms with Gasteiger partial charge in [0.1, 0.15) is 7.11 Å². The van der Waals surface area contributed by atoms with Gasteiger partial charge in [-0.3, -0.25) is 4.79 Å². The molecule has 0 aliphatic rings. The molecule has 0 atom stereocenters. The predicted molar refractivity (Wildman–Crippen MR) is 55.4 cm³/mol. The fraction of sp³-hybridized carbons (Fsp3) is 0.333. The van der Waals surface area contributed by atoms with Crippen LogP contribution in [-0.4, -0.2) is 5.97 Å². The number of aryl methyl sites for hydroxylation is 1. The summed E-state index contributed by atoms with van der Waals surface area (Å²) in [5, 5.41) is 0. The molecular formula is C12H15O2. The van der Waals surface area contributed by atoms with Crippen LogP contribution in [0.4, 0.5) is 0 Å². The number of hydrogen-bond acceptors (Lipinski definition) is 2. The van der Waals surface area contributed by atoms with Crippen LogP contribution in [0.25, 0.3) is 0 Å². The number of carbonyl (C=O) groups excluding carboxylic acids is 1. The van der Waals surface area contributed by atoms with Crippen molar-refractivity contribution < 1.29 is 9.53 Å². The largest absolute Gasteiger partial charge is 0.462 e. The maximum absolute atomic E-state index is 10.7. The first-order chi connectivity index (χ1) is 6.83. The van der Waals surface area contributed by atoms with Crippen molar-refractivity contribution in [2.24, 2.45) is 0 Å². The zero-order chi connectivity index (χ0) is 10.2. The third-order valence-electron chi connectivity index (χ3n) is 2.10. The lowest BCUT2D eigenvalue weighted by Gasteiger charge is -2.00. The second-order valence-corrected chi connectivity index (χ2v) is 3.21. The van der Waals surface area contributed by atoms with Gasteiger partial charge in [-0.2, -0.15) is 0 Å². The Balaban J connectivity index is 2.13. The molecule has 0 saturated carbocycles.